The molecule has 82 valence electrons. The summed E-state index contributed by atoms with van der Waals surface area (Å²) in [6.45, 7) is 1.09. The van der Waals surface area contributed by atoms with Crippen molar-refractivity contribution in [3.63, 3.8) is 0 Å². The van der Waals surface area contributed by atoms with Crippen LogP contribution in [0.2, 0.25) is 0 Å². The summed E-state index contributed by atoms with van der Waals surface area (Å²) in [4.78, 5) is 11.8. The van der Waals surface area contributed by atoms with E-state index in [0.717, 1.165) is 23.6 Å². The molecule has 0 spiro atoms. The van der Waals surface area contributed by atoms with Gasteiger partial charge in [-0.15, -0.1) is 0 Å². The fourth-order valence-electron chi connectivity index (χ4n) is 2.11. The molecule has 0 aliphatic carbocycles. The normalized spacial score (nSPS) is 20.1. The van der Waals surface area contributed by atoms with E-state index in [1.165, 1.54) is 12.8 Å². The summed E-state index contributed by atoms with van der Waals surface area (Å²) in [6.07, 6.45) is 7.89. The van der Waals surface area contributed by atoms with Gasteiger partial charge in [0, 0.05) is 18.0 Å². The molecule has 1 aliphatic rings. The Morgan fingerprint density at radius 2 is 2.12 bits per heavy atom. The molecule has 1 atom stereocenters. The largest absolute Gasteiger partial charge is 0.341 e. The first-order valence-corrected chi connectivity index (χ1v) is 5.62. The third-order valence-electron chi connectivity index (χ3n) is 2.98. The number of hydrogen-bond acceptors (Lipinski definition) is 3. The molecule has 0 aromatic carbocycles. The van der Waals surface area contributed by atoms with Gasteiger partial charge in [0.1, 0.15) is 5.82 Å². The average Bonchev–Trinajstić information content (AvgIpc) is 3.01. The maximum Gasteiger partial charge on any atom is 0.123 e. The van der Waals surface area contributed by atoms with Crippen molar-refractivity contribution in [2.75, 3.05) is 6.54 Å². The number of aromatic amines is 1. The van der Waals surface area contributed by atoms with E-state index >= 15 is 0 Å². The zero-order chi connectivity index (χ0) is 10.8. The number of pyridine rings is 1. The van der Waals surface area contributed by atoms with Crippen molar-refractivity contribution < 1.29 is 0 Å². The van der Waals surface area contributed by atoms with E-state index in [-0.39, 0.29) is 0 Å². The van der Waals surface area contributed by atoms with Gasteiger partial charge in [-0.25, -0.2) is 4.98 Å². The van der Waals surface area contributed by atoms with Crippen molar-refractivity contribution in [1.29, 1.82) is 0 Å². The SMILES string of the molecule is c1cc(-c2cnc(C3CCCN3)[nH]2)ccn1. The Morgan fingerprint density at radius 1 is 1.25 bits per heavy atom. The Morgan fingerprint density at radius 3 is 2.88 bits per heavy atom. The number of rotatable bonds is 2. The van der Waals surface area contributed by atoms with Crippen LogP contribution >= 0.6 is 0 Å². The smallest absolute Gasteiger partial charge is 0.123 e. The topological polar surface area (TPSA) is 53.6 Å². The summed E-state index contributed by atoms with van der Waals surface area (Å²) >= 11 is 0. The van der Waals surface area contributed by atoms with Gasteiger partial charge >= 0.3 is 0 Å². The van der Waals surface area contributed by atoms with Crippen molar-refractivity contribution in [2.24, 2.45) is 0 Å². The van der Waals surface area contributed by atoms with Gasteiger partial charge in [-0.1, -0.05) is 0 Å². The highest BCUT2D eigenvalue weighted by Gasteiger charge is 2.18. The van der Waals surface area contributed by atoms with Crippen LogP contribution < -0.4 is 5.32 Å². The molecule has 3 rings (SSSR count). The van der Waals surface area contributed by atoms with E-state index in [2.05, 4.69) is 20.3 Å². The summed E-state index contributed by atoms with van der Waals surface area (Å²) in [5.41, 5.74) is 2.19. The van der Waals surface area contributed by atoms with Crippen molar-refractivity contribution in [2.45, 2.75) is 18.9 Å². The zero-order valence-electron chi connectivity index (χ0n) is 8.98. The lowest BCUT2D eigenvalue weighted by Gasteiger charge is -2.05. The molecule has 1 fully saturated rings. The molecular weight excluding hydrogens is 200 g/mol. The van der Waals surface area contributed by atoms with E-state index in [0.29, 0.717) is 6.04 Å². The molecule has 2 aromatic rings. The Kier molecular flexibility index (Phi) is 2.42. The van der Waals surface area contributed by atoms with E-state index in [1.807, 2.05) is 18.3 Å². The van der Waals surface area contributed by atoms with E-state index < -0.39 is 0 Å². The van der Waals surface area contributed by atoms with Crippen LogP contribution in [0.15, 0.2) is 30.7 Å². The molecule has 1 unspecified atom stereocenters. The number of hydrogen-bond donors (Lipinski definition) is 2. The average molecular weight is 214 g/mol. The molecule has 1 aliphatic heterocycles. The van der Waals surface area contributed by atoms with Gasteiger partial charge < -0.3 is 10.3 Å². The molecule has 2 aromatic heterocycles. The Labute approximate surface area is 94.1 Å². The third-order valence-corrected chi connectivity index (χ3v) is 2.98. The van der Waals surface area contributed by atoms with Gasteiger partial charge in [0.05, 0.1) is 17.9 Å². The highest BCUT2D eigenvalue weighted by molar-refractivity contribution is 5.57. The molecule has 2 N–H and O–H groups in total. The highest BCUT2D eigenvalue weighted by Crippen LogP contribution is 2.23. The number of nitrogens with zero attached hydrogens (tertiary/aromatic N) is 2. The third kappa shape index (κ3) is 1.72. The quantitative estimate of drug-likeness (QED) is 0.802. The minimum atomic E-state index is 0.399. The predicted molar refractivity (Wildman–Crippen MR) is 61.8 cm³/mol. The van der Waals surface area contributed by atoms with Crippen LogP contribution in [-0.2, 0) is 0 Å². The number of imidazole rings is 1. The standard InChI is InChI=1S/C12H14N4/c1-2-10(14-5-1)12-15-8-11(16-12)9-3-6-13-7-4-9/h3-4,6-8,10,14H,1-2,5H2,(H,15,16). The van der Waals surface area contributed by atoms with Crippen LogP contribution in [0.4, 0.5) is 0 Å². The van der Waals surface area contributed by atoms with Crippen LogP contribution in [0.3, 0.4) is 0 Å². The molecule has 4 nitrogen and oxygen atoms in total. The van der Waals surface area contributed by atoms with Crippen LogP contribution in [0, 0.1) is 0 Å². The molecule has 0 bridgehead atoms. The van der Waals surface area contributed by atoms with Gasteiger partial charge in [-0.2, -0.15) is 0 Å². The molecule has 16 heavy (non-hydrogen) atoms. The zero-order valence-corrected chi connectivity index (χ0v) is 8.98. The minimum absolute atomic E-state index is 0.399. The second-order valence-corrected chi connectivity index (χ2v) is 4.07. The first-order chi connectivity index (χ1) is 7.93. The molecule has 0 amide bonds. The van der Waals surface area contributed by atoms with Crippen molar-refractivity contribution in [3.05, 3.63) is 36.5 Å². The summed E-state index contributed by atoms with van der Waals surface area (Å²) in [6, 6.07) is 4.37. The molecule has 1 saturated heterocycles. The second kappa shape index (κ2) is 4.06. The van der Waals surface area contributed by atoms with E-state index in [4.69, 9.17) is 0 Å². The predicted octanol–water partition coefficient (Wildman–Crippen LogP) is 1.90. The molecule has 0 saturated carbocycles. The van der Waals surface area contributed by atoms with Gasteiger partial charge in [0.15, 0.2) is 0 Å². The lowest BCUT2D eigenvalue weighted by atomic mass is 10.2. The Bertz CT molecular complexity index is 457. The maximum absolute atomic E-state index is 4.44. The number of nitrogens with one attached hydrogen (secondary N) is 2. The first kappa shape index (κ1) is 9.54. The van der Waals surface area contributed by atoms with Crippen LogP contribution in [0.5, 0.6) is 0 Å². The Balaban J connectivity index is 1.87. The van der Waals surface area contributed by atoms with Crippen LogP contribution in [0.1, 0.15) is 24.7 Å². The highest BCUT2D eigenvalue weighted by atomic mass is 15.0. The lowest BCUT2D eigenvalue weighted by molar-refractivity contribution is 0.613. The molecule has 3 heterocycles. The van der Waals surface area contributed by atoms with Crippen molar-refractivity contribution >= 4 is 0 Å². The van der Waals surface area contributed by atoms with Gasteiger partial charge in [0.2, 0.25) is 0 Å². The first-order valence-electron chi connectivity index (χ1n) is 5.62. The molecule has 4 heteroatoms. The van der Waals surface area contributed by atoms with Crippen LogP contribution in [-0.4, -0.2) is 21.5 Å². The van der Waals surface area contributed by atoms with Gasteiger partial charge in [-0.3, -0.25) is 4.98 Å². The monoisotopic (exact) mass is 214 g/mol. The maximum atomic E-state index is 4.44. The van der Waals surface area contributed by atoms with E-state index in [1.54, 1.807) is 12.4 Å². The fourth-order valence-corrected chi connectivity index (χ4v) is 2.11. The fraction of sp³-hybridized carbons (Fsp3) is 0.333. The summed E-state index contributed by atoms with van der Waals surface area (Å²) in [5, 5.41) is 3.43. The molecular formula is C12H14N4. The number of aromatic nitrogens is 3. The van der Waals surface area contributed by atoms with Crippen LogP contribution in [0.25, 0.3) is 11.3 Å². The van der Waals surface area contributed by atoms with Crippen molar-refractivity contribution in [3.8, 4) is 11.3 Å². The van der Waals surface area contributed by atoms with Gasteiger partial charge in [-0.05, 0) is 31.5 Å². The number of H-pyrrole nitrogens is 1. The lowest BCUT2D eigenvalue weighted by Crippen LogP contribution is -2.14. The van der Waals surface area contributed by atoms with E-state index in [9.17, 15) is 0 Å². The summed E-state index contributed by atoms with van der Waals surface area (Å²) in [7, 11) is 0. The van der Waals surface area contributed by atoms with Crippen molar-refractivity contribution in [1.82, 2.24) is 20.3 Å². The molecule has 0 radical (unpaired) electrons. The summed E-state index contributed by atoms with van der Waals surface area (Å²) in [5.74, 6) is 1.05. The second-order valence-electron chi connectivity index (χ2n) is 4.07. The Hall–Kier alpha value is -1.68. The summed E-state index contributed by atoms with van der Waals surface area (Å²) < 4.78 is 0. The minimum Gasteiger partial charge on any atom is -0.341 e. The van der Waals surface area contributed by atoms with Gasteiger partial charge in [0.25, 0.3) is 0 Å².